The van der Waals surface area contributed by atoms with Gasteiger partial charge < -0.3 is 20.1 Å². The van der Waals surface area contributed by atoms with Gasteiger partial charge in [0.25, 0.3) is 0 Å². The highest BCUT2D eigenvalue weighted by atomic mass is 16.5. The molecule has 2 atom stereocenters. The van der Waals surface area contributed by atoms with E-state index in [1.165, 1.54) is 0 Å². The van der Waals surface area contributed by atoms with Crippen LogP contribution in [0.3, 0.4) is 0 Å². The van der Waals surface area contributed by atoms with Crippen molar-refractivity contribution < 1.29 is 14.6 Å². The largest absolute Gasteiger partial charge is 0.479 e. The minimum atomic E-state index is -0.833. The molecule has 0 aromatic rings. The van der Waals surface area contributed by atoms with Crippen molar-refractivity contribution >= 4 is 5.97 Å². The predicted octanol–water partition coefficient (Wildman–Crippen LogP) is 0.160. The molecule has 0 radical (unpaired) electrons. The van der Waals surface area contributed by atoms with Crippen molar-refractivity contribution in [1.82, 2.24) is 10.2 Å². The lowest BCUT2D eigenvalue weighted by Gasteiger charge is -2.20. The second kappa shape index (κ2) is 6.83. The Hall–Kier alpha value is -0.650. The fourth-order valence-corrected chi connectivity index (χ4v) is 1.99. The minimum Gasteiger partial charge on any atom is -0.479 e. The van der Waals surface area contributed by atoms with Gasteiger partial charge in [0.05, 0.1) is 6.10 Å². The summed E-state index contributed by atoms with van der Waals surface area (Å²) in [4.78, 5) is 12.9. The van der Waals surface area contributed by atoms with Crippen molar-refractivity contribution in [1.29, 1.82) is 0 Å². The molecule has 0 spiro atoms. The first-order valence-corrected chi connectivity index (χ1v) is 5.85. The first-order valence-electron chi connectivity index (χ1n) is 5.85. The third-order valence-electron chi connectivity index (χ3n) is 2.86. The fraction of sp³-hybridized carbons (Fsp3) is 0.909. The van der Waals surface area contributed by atoms with Crippen molar-refractivity contribution in [2.75, 3.05) is 33.7 Å². The van der Waals surface area contributed by atoms with Gasteiger partial charge in [-0.25, -0.2) is 4.79 Å². The highest BCUT2D eigenvalue weighted by molar-refractivity contribution is 5.72. The van der Waals surface area contributed by atoms with E-state index in [4.69, 9.17) is 9.84 Å². The number of nitrogens with zero attached hydrogens (tertiary/aromatic N) is 1. The summed E-state index contributed by atoms with van der Waals surface area (Å²) in [5.41, 5.74) is 0. The summed E-state index contributed by atoms with van der Waals surface area (Å²) in [5, 5.41) is 11.9. The van der Waals surface area contributed by atoms with Crippen LogP contribution in [0.4, 0.5) is 0 Å². The molecule has 2 unspecified atom stereocenters. The summed E-state index contributed by atoms with van der Waals surface area (Å²) in [6.45, 7) is 2.85. The Bertz CT molecular complexity index is 223. The number of carboxylic acids is 1. The molecule has 2 N–H and O–H groups in total. The summed E-state index contributed by atoms with van der Waals surface area (Å²) < 4.78 is 5.44. The minimum absolute atomic E-state index is 0.0840. The number of carboxylic acid groups (broad SMARTS) is 1. The van der Waals surface area contributed by atoms with Crippen LogP contribution in [-0.2, 0) is 9.53 Å². The number of hydrogen-bond acceptors (Lipinski definition) is 4. The molecule has 1 fully saturated rings. The molecule has 0 aliphatic carbocycles. The average Bonchev–Trinajstić information content (AvgIpc) is 2.66. The Kier molecular flexibility index (Phi) is 5.73. The fourth-order valence-electron chi connectivity index (χ4n) is 1.99. The first kappa shape index (κ1) is 13.4. The number of hydrogen-bond donors (Lipinski definition) is 2. The second-order valence-corrected chi connectivity index (χ2v) is 4.38. The van der Waals surface area contributed by atoms with Crippen LogP contribution in [-0.4, -0.2) is 61.9 Å². The van der Waals surface area contributed by atoms with Crippen molar-refractivity contribution in [3.05, 3.63) is 0 Å². The molecule has 1 saturated heterocycles. The first-order chi connectivity index (χ1) is 7.63. The molecule has 0 aromatic carbocycles. The zero-order valence-electron chi connectivity index (χ0n) is 10.1. The Morgan fingerprint density at radius 2 is 2.31 bits per heavy atom. The van der Waals surface area contributed by atoms with Gasteiger partial charge in [-0.2, -0.15) is 0 Å². The van der Waals surface area contributed by atoms with E-state index < -0.39 is 12.1 Å². The molecule has 1 rings (SSSR count). The zero-order valence-corrected chi connectivity index (χ0v) is 10.1. The van der Waals surface area contributed by atoms with Gasteiger partial charge in [0.2, 0.25) is 0 Å². The third-order valence-corrected chi connectivity index (χ3v) is 2.86. The van der Waals surface area contributed by atoms with Gasteiger partial charge in [0.1, 0.15) is 0 Å². The van der Waals surface area contributed by atoms with Crippen LogP contribution >= 0.6 is 0 Å². The molecule has 1 aliphatic rings. The maximum atomic E-state index is 10.7. The Balaban J connectivity index is 2.15. The van der Waals surface area contributed by atoms with E-state index in [9.17, 15) is 4.79 Å². The average molecular weight is 230 g/mol. The topological polar surface area (TPSA) is 61.8 Å². The maximum Gasteiger partial charge on any atom is 0.332 e. The van der Waals surface area contributed by atoms with Gasteiger partial charge in [0, 0.05) is 6.54 Å². The van der Waals surface area contributed by atoms with Crippen LogP contribution in [0.5, 0.6) is 0 Å². The molecule has 16 heavy (non-hydrogen) atoms. The van der Waals surface area contributed by atoms with E-state index in [1.54, 1.807) is 0 Å². The Labute approximate surface area is 96.8 Å². The lowest BCUT2D eigenvalue weighted by Crippen LogP contribution is -2.32. The van der Waals surface area contributed by atoms with Crippen LogP contribution in [0.2, 0.25) is 0 Å². The van der Waals surface area contributed by atoms with Gasteiger partial charge in [-0.1, -0.05) is 0 Å². The van der Waals surface area contributed by atoms with Gasteiger partial charge in [-0.05, 0) is 46.4 Å². The van der Waals surface area contributed by atoms with Crippen LogP contribution in [0.1, 0.15) is 19.3 Å². The molecule has 0 aromatic heterocycles. The number of likely N-dealkylation sites (N-methyl/N-ethyl adjacent to an activating group) is 1. The monoisotopic (exact) mass is 230 g/mol. The summed E-state index contributed by atoms with van der Waals surface area (Å²) in [7, 11) is 3.99. The normalized spacial score (nSPS) is 25.2. The molecule has 5 nitrogen and oxygen atoms in total. The zero-order chi connectivity index (χ0) is 12.0. The molecular formula is C11H22N2O3. The van der Waals surface area contributed by atoms with Gasteiger partial charge in [-0.3, -0.25) is 0 Å². The van der Waals surface area contributed by atoms with E-state index in [1.807, 2.05) is 14.1 Å². The Morgan fingerprint density at radius 3 is 2.88 bits per heavy atom. The molecular weight excluding hydrogens is 208 g/mol. The Morgan fingerprint density at radius 1 is 1.56 bits per heavy atom. The number of carbonyl (C=O) groups is 1. The van der Waals surface area contributed by atoms with E-state index in [-0.39, 0.29) is 6.10 Å². The summed E-state index contributed by atoms with van der Waals surface area (Å²) in [5.74, 6) is -0.833. The maximum absolute atomic E-state index is 10.7. The van der Waals surface area contributed by atoms with Gasteiger partial charge >= 0.3 is 5.97 Å². The quantitative estimate of drug-likeness (QED) is 0.610. The van der Waals surface area contributed by atoms with Crippen LogP contribution in [0, 0.1) is 0 Å². The van der Waals surface area contributed by atoms with Crippen molar-refractivity contribution in [2.45, 2.75) is 31.5 Å². The van der Waals surface area contributed by atoms with E-state index >= 15 is 0 Å². The second-order valence-electron chi connectivity index (χ2n) is 4.38. The van der Waals surface area contributed by atoms with E-state index in [2.05, 4.69) is 10.2 Å². The van der Waals surface area contributed by atoms with Crippen molar-refractivity contribution in [2.24, 2.45) is 0 Å². The summed E-state index contributed by atoms with van der Waals surface area (Å²) in [6, 6.07) is 0. The lowest BCUT2D eigenvalue weighted by atomic mass is 10.2. The number of aliphatic carboxylic acids is 1. The smallest absolute Gasteiger partial charge is 0.332 e. The summed E-state index contributed by atoms with van der Waals surface area (Å²) in [6.07, 6.45) is 2.09. The molecule has 1 aliphatic heterocycles. The van der Waals surface area contributed by atoms with Crippen LogP contribution in [0.25, 0.3) is 0 Å². The number of rotatable bonds is 7. The highest BCUT2D eigenvalue weighted by Crippen LogP contribution is 2.20. The SMILES string of the molecule is CNCCCN(C)CC1CCC(C(=O)O)O1. The molecule has 5 heteroatoms. The van der Waals surface area contributed by atoms with Crippen LogP contribution in [0.15, 0.2) is 0 Å². The van der Waals surface area contributed by atoms with E-state index in [0.29, 0.717) is 6.42 Å². The standard InChI is InChI=1S/C11H22N2O3/c1-12-6-3-7-13(2)8-9-4-5-10(16-9)11(14)15/h9-10,12H,3-8H2,1-2H3,(H,14,15). The third kappa shape index (κ3) is 4.47. The number of ether oxygens (including phenoxy) is 1. The molecule has 0 amide bonds. The molecule has 0 bridgehead atoms. The van der Waals surface area contributed by atoms with Gasteiger partial charge in [-0.15, -0.1) is 0 Å². The van der Waals surface area contributed by atoms with Gasteiger partial charge in [0.15, 0.2) is 6.10 Å². The number of nitrogens with one attached hydrogen (secondary N) is 1. The van der Waals surface area contributed by atoms with E-state index in [0.717, 1.165) is 32.5 Å². The molecule has 0 saturated carbocycles. The summed E-state index contributed by atoms with van der Waals surface area (Å²) >= 11 is 0. The predicted molar refractivity (Wildman–Crippen MR) is 61.6 cm³/mol. The van der Waals surface area contributed by atoms with Crippen molar-refractivity contribution in [3.63, 3.8) is 0 Å². The lowest BCUT2D eigenvalue weighted by molar-refractivity contribution is -0.149. The highest BCUT2D eigenvalue weighted by Gasteiger charge is 2.30. The van der Waals surface area contributed by atoms with Crippen molar-refractivity contribution in [3.8, 4) is 0 Å². The van der Waals surface area contributed by atoms with Crippen LogP contribution < -0.4 is 5.32 Å². The molecule has 94 valence electrons. The molecule has 1 heterocycles.